The summed E-state index contributed by atoms with van der Waals surface area (Å²) in [5.41, 5.74) is 0. The van der Waals surface area contributed by atoms with Gasteiger partial charge in [-0.1, -0.05) is 30.1 Å². The first kappa shape index (κ1) is 14.4. The Bertz CT molecular complexity index is 371. The summed E-state index contributed by atoms with van der Waals surface area (Å²) in [6, 6.07) is 1.69. The molecule has 0 radical (unpaired) electrons. The highest BCUT2D eigenvalue weighted by Gasteiger charge is 2.07. The second kappa shape index (κ2) is 6.89. The minimum Gasteiger partial charge on any atom is -0.372 e. The molecular weight excluding hydrogens is 259 g/mol. The molecule has 0 saturated carbocycles. The van der Waals surface area contributed by atoms with Crippen molar-refractivity contribution in [1.82, 2.24) is 9.88 Å². The van der Waals surface area contributed by atoms with Gasteiger partial charge in [-0.25, -0.2) is 4.98 Å². The van der Waals surface area contributed by atoms with Crippen molar-refractivity contribution in [2.24, 2.45) is 0 Å². The van der Waals surface area contributed by atoms with Gasteiger partial charge < -0.3 is 15.5 Å². The van der Waals surface area contributed by atoms with E-state index in [1.54, 1.807) is 13.1 Å². The average molecular weight is 277 g/mol. The van der Waals surface area contributed by atoms with Gasteiger partial charge in [-0.2, -0.15) is 0 Å². The molecule has 1 rings (SSSR count). The van der Waals surface area contributed by atoms with Crippen molar-refractivity contribution in [3.05, 3.63) is 16.1 Å². The van der Waals surface area contributed by atoms with Crippen LogP contribution in [0.25, 0.3) is 0 Å². The Hall–Kier alpha value is -0.710. The Morgan fingerprint density at radius 3 is 2.53 bits per heavy atom. The second-order valence-electron chi connectivity index (χ2n) is 3.72. The van der Waals surface area contributed by atoms with E-state index in [-0.39, 0.29) is 0 Å². The van der Waals surface area contributed by atoms with Crippen LogP contribution in [-0.2, 0) is 0 Å². The molecule has 0 aromatic carbocycles. The maximum absolute atomic E-state index is 6.06. The molecule has 0 unspecified atom stereocenters. The van der Waals surface area contributed by atoms with Crippen LogP contribution in [0.5, 0.6) is 0 Å². The van der Waals surface area contributed by atoms with Gasteiger partial charge in [0.05, 0.1) is 10.0 Å². The average Bonchev–Trinajstić information content (AvgIpc) is 2.31. The first-order valence-electron chi connectivity index (χ1n) is 5.54. The standard InChI is InChI=1S/C11H18Cl2N4/c1-4-17(3)6-5-15-11-9(13)7-8(12)10(14-2)16-11/h7H,4-6H2,1-3H3,(H2,14,15,16). The normalized spacial score (nSPS) is 10.7. The van der Waals surface area contributed by atoms with Gasteiger partial charge in [-0.05, 0) is 19.7 Å². The van der Waals surface area contributed by atoms with Crippen LogP contribution in [0.1, 0.15) is 6.92 Å². The van der Waals surface area contributed by atoms with Crippen LogP contribution < -0.4 is 10.6 Å². The summed E-state index contributed by atoms with van der Waals surface area (Å²) in [5, 5.41) is 7.18. The molecule has 0 aliphatic carbocycles. The summed E-state index contributed by atoms with van der Waals surface area (Å²) in [5.74, 6) is 1.28. The monoisotopic (exact) mass is 276 g/mol. The zero-order valence-corrected chi connectivity index (χ0v) is 11.9. The van der Waals surface area contributed by atoms with E-state index in [0.717, 1.165) is 19.6 Å². The first-order chi connectivity index (χ1) is 8.08. The number of hydrogen-bond donors (Lipinski definition) is 2. The predicted octanol–water partition coefficient (Wildman–Crippen LogP) is 2.79. The van der Waals surface area contributed by atoms with Crippen LogP contribution in [0.15, 0.2) is 6.07 Å². The molecule has 1 aromatic heterocycles. The van der Waals surface area contributed by atoms with Crippen LogP contribution >= 0.6 is 23.2 Å². The third-order valence-electron chi connectivity index (χ3n) is 2.49. The van der Waals surface area contributed by atoms with Crippen LogP contribution in [0.3, 0.4) is 0 Å². The Morgan fingerprint density at radius 2 is 1.94 bits per heavy atom. The van der Waals surface area contributed by atoms with Gasteiger partial charge in [0.25, 0.3) is 0 Å². The molecule has 0 saturated heterocycles. The number of nitrogens with zero attached hydrogens (tertiary/aromatic N) is 2. The minimum atomic E-state index is 0.522. The lowest BCUT2D eigenvalue weighted by molar-refractivity contribution is 0.367. The van der Waals surface area contributed by atoms with Crippen molar-refractivity contribution in [2.45, 2.75) is 6.92 Å². The van der Waals surface area contributed by atoms with Crippen molar-refractivity contribution in [3.63, 3.8) is 0 Å². The molecule has 0 bridgehead atoms. The Labute approximate surface area is 112 Å². The van der Waals surface area contributed by atoms with Crippen LogP contribution in [0, 0.1) is 0 Å². The van der Waals surface area contributed by atoms with Gasteiger partial charge in [0.1, 0.15) is 11.6 Å². The molecule has 4 nitrogen and oxygen atoms in total. The smallest absolute Gasteiger partial charge is 0.147 e. The van der Waals surface area contributed by atoms with E-state index >= 15 is 0 Å². The third kappa shape index (κ3) is 4.22. The summed E-state index contributed by atoms with van der Waals surface area (Å²) >= 11 is 12.0. The Morgan fingerprint density at radius 1 is 1.29 bits per heavy atom. The molecule has 0 aliphatic heterocycles. The molecular formula is C11H18Cl2N4. The maximum atomic E-state index is 6.06. The topological polar surface area (TPSA) is 40.2 Å². The molecule has 0 spiro atoms. The highest BCUT2D eigenvalue weighted by molar-refractivity contribution is 6.37. The molecule has 17 heavy (non-hydrogen) atoms. The van der Waals surface area contributed by atoms with Crippen molar-refractivity contribution >= 4 is 34.8 Å². The molecule has 6 heteroatoms. The van der Waals surface area contributed by atoms with E-state index in [1.165, 1.54) is 0 Å². The molecule has 0 aliphatic rings. The minimum absolute atomic E-state index is 0.522. The van der Waals surface area contributed by atoms with Crippen molar-refractivity contribution in [3.8, 4) is 0 Å². The highest BCUT2D eigenvalue weighted by Crippen LogP contribution is 2.28. The van der Waals surface area contributed by atoms with E-state index in [4.69, 9.17) is 23.2 Å². The number of hydrogen-bond acceptors (Lipinski definition) is 4. The lowest BCUT2D eigenvalue weighted by atomic mass is 10.4. The Balaban J connectivity index is 2.64. The predicted molar refractivity (Wildman–Crippen MR) is 75.5 cm³/mol. The summed E-state index contributed by atoms with van der Waals surface area (Å²) in [6.07, 6.45) is 0. The fraction of sp³-hybridized carbons (Fsp3) is 0.545. The van der Waals surface area contributed by atoms with Crippen molar-refractivity contribution in [1.29, 1.82) is 0 Å². The maximum Gasteiger partial charge on any atom is 0.147 e. The number of rotatable bonds is 6. The number of likely N-dealkylation sites (N-methyl/N-ethyl adjacent to an activating group) is 1. The second-order valence-corrected chi connectivity index (χ2v) is 4.54. The molecule has 1 heterocycles. The fourth-order valence-electron chi connectivity index (χ4n) is 1.29. The highest BCUT2D eigenvalue weighted by atomic mass is 35.5. The van der Waals surface area contributed by atoms with Crippen LogP contribution in [-0.4, -0.2) is 43.6 Å². The summed E-state index contributed by atoms with van der Waals surface area (Å²) in [4.78, 5) is 6.51. The molecule has 0 atom stereocenters. The first-order valence-corrected chi connectivity index (χ1v) is 6.30. The van der Waals surface area contributed by atoms with E-state index in [1.807, 2.05) is 0 Å². The van der Waals surface area contributed by atoms with Gasteiger partial charge in [-0.15, -0.1) is 0 Å². The summed E-state index contributed by atoms with van der Waals surface area (Å²) < 4.78 is 0. The molecule has 2 N–H and O–H groups in total. The number of pyridine rings is 1. The molecule has 0 amide bonds. The Kier molecular flexibility index (Phi) is 5.82. The van der Waals surface area contributed by atoms with E-state index < -0.39 is 0 Å². The largest absolute Gasteiger partial charge is 0.372 e. The quantitative estimate of drug-likeness (QED) is 0.839. The number of aromatic nitrogens is 1. The zero-order chi connectivity index (χ0) is 12.8. The van der Waals surface area contributed by atoms with Gasteiger partial charge in [0.15, 0.2) is 0 Å². The molecule has 96 valence electrons. The van der Waals surface area contributed by atoms with Gasteiger partial charge in [0, 0.05) is 20.1 Å². The zero-order valence-electron chi connectivity index (χ0n) is 10.3. The number of nitrogens with one attached hydrogen (secondary N) is 2. The molecule has 1 aromatic rings. The van der Waals surface area contributed by atoms with Crippen molar-refractivity contribution in [2.75, 3.05) is 44.4 Å². The van der Waals surface area contributed by atoms with Gasteiger partial charge >= 0.3 is 0 Å². The van der Waals surface area contributed by atoms with Crippen LogP contribution in [0.2, 0.25) is 10.0 Å². The number of anilines is 2. The lowest BCUT2D eigenvalue weighted by Gasteiger charge is -2.15. The summed E-state index contributed by atoms with van der Waals surface area (Å²) in [6.45, 7) is 4.87. The van der Waals surface area contributed by atoms with Gasteiger partial charge in [-0.3, -0.25) is 0 Å². The van der Waals surface area contributed by atoms with Gasteiger partial charge in [0.2, 0.25) is 0 Å². The van der Waals surface area contributed by atoms with E-state index in [0.29, 0.717) is 21.7 Å². The van der Waals surface area contributed by atoms with Crippen LogP contribution in [0.4, 0.5) is 11.6 Å². The lowest BCUT2D eigenvalue weighted by Crippen LogP contribution is -2.25. The fourth-order valence-corrected chi connectivity index (χ4v) is 1.81. The summed E-state index contributed by atoms with van der Waals surface area (Å²) in [7, 11) is 3.84. The van der Waals surface area contributed by atoms with E-state index in [9.17, 15) is 0 Å². The molecule has 0 fully saturated rings. The third-order valence-corrected chi connectivity index (χ3v) is 3.07. The van der Waals surface area contributed by atoms with E-state index in [2.05, 4.69) is 34.5 Å². The number of halogens is 2. The SMILES string of the molecule is CCN(C)CCNc1nc(NC)c(Cl)cc1Cl. The van der Waals surface area contributed by atoms with Crippen molar-refractivity contribution < 1.29 is 0 Å².